The Morgan fingerprint density at radius 1 is 1.03 bits per heavy atom. The zero-order valence-electron chi connectivity index (χ0n) is 17.3. The van der Waals surface area contributed by atoms with Crippen LogP contribution in [0.25, 0.3) is 5.69 Å². The zero-order valence-corrected chi connectivity index (χ0v) is 17.3. The highest BCUT2D eigenvalue weighted by molar-refractivity contribution is 6.43. The van der Waals surface area contributed by atoms with Gasteiger partial charge in [0.25, 0.3) is 11.7 Å². The zero-order chi connectivity index (χ0) is 21.1. The number of hydrogen-bond donors (Lipinski definition) is 0. The Bertz CT molecular complexity index is 1020. The molecule has 6 heteroatoms. The number of likely N-dealkylation sites (N-methyl/N-ethyl adjacent to an activating group) is 1. The Labute approximate surface area is 170 Å². The summed E-state index contributed by atoms with van der Waals surface area (Å²) in [6.07, 6.45) is 0. The predicted octanol–water partition coefficient (Wildman–Crippen LogP) is 3.90. The van der Waals surface area contributed by atoms with E-state index in [9.17, 15) is 9.59 Å². The van der Waals surface area contributed by atoms with Crippen LogP contribution in [0.4, 0.5) is 0 Å². The standard InChI is InChI=1S/C23H25N3O3/c1-15-21(17(3)26(24-15)19-9-7-6-8-10-19)22(27)23(28)25(4)16(2)18-11-13-20(29-5)14-12-18/h6-14,16H,1-5H3. The minimum atomic E-state index is -0.563. The lowest BCUT2D eigenvalue weighted by Crippen LogP contribution is -2.35. The van der Waals surface area contributed by atoms with E-state index in [-0.39, 0.29) is 6.04 Å². The predicted molar refractivity (Wildman–Crippen MR) is 112 cm³/mol. The first-order valence-corrected chi connectivity index (χ1v) is 9.42. The summed E-state index contributed by atoms with van der Waals surface area (Å²) in [6.45, 7) is 5.44. The molecule has 6 nitrogen and oxygen atoms in total. The van der Waals surface area contributed by atoms with Crippen molar-refractivity contribution in [2.45, 2.75) is 26.8 Å². The van der Waals surface area contributed by atoms with Crippen LogP contribution in [0.2, 0.25) is 0 Å². The van der Waals surface area contributed by atoms with E-state index in [2.05, 4.69) is 5.10 Å². The minimum Gasteiger partial charge on any atom is -0.497 e. The van der Waals surface area contributed by atoms with E-state index in [0.29, 0.717) is 17.0 Å². The Kier molecular flexibility index (Phi) is 5.82. The second-order valence-electron chi connectivity index (χ2n) is 6.99. The fourth-order valence-corrected chi connectivity index (χ4v) is 3.34. The van der Waals surface area contributed by atoms with Gasteiger partial charge >= 0.3 is 0 Å². The largest absolute Gasteiger partial charge is 0.497 e. The number of benzene rings is 2. The van der Waals surface area contributed by atoms with Gasteiger partial charge in [0.15, 0.2) is 0 Å². The van der Waals surface area contributed by atoms with Crippen LogP contribution in [-0.2, 0) is 4.79 Å². The van der Waals surface area contributed by atoms with E-state index in [1.165, 1.54) is 4.90 Å². The molecule has 2 aromatic carbocycles. The van der Waals surface area contributed by atoms with Crippen molar-refractivity contribution in [3.8, 4) is 11.4 Å². The van der Waals surface area contributed by atoms with E-state index in [1.54, 1.807) is 32.7 Å². The molecule has 3 aromatic rings. The summed E-state index contributed by atoms with van der Waals surface area (Å²) >= 11 is 0. The van der Waals surface area contributed by atoms with Crippen molar-refractivity contribution in [3.05, 3.63) is 77.1 Å². The molecule has 150 valence electrons. The molecule has 1 atom stereocenters. The van der Waals surface area contributed by atoms with Gasteiger partial charge in [-0.15, -0.1) is 0 Å². The molecule has 0 saturated heterocycles. The number of hydrogen-bond acceptors (Lipinski definition) is 4. The summed E-state index contributed by atoms with van der Waals surface area (Å²) in [7, 11) is 3.24. The summed E-state index contributed by atoms with van der Waals surface area (Å²) in [5.74, 6) is -0.372. The second kappa shape index (κ2) is 8.31. The highest BCUT2D eigenvalue weighted by atomic mass is 16.5. The highest BCUT2D eigenvalue weighted by Crippen LogP contribution is 2.24. The molecule has 1 unspecified atom stereocenters. The lowest BCUT2D eigenvalue weighted by molar-refractivity contribution is -0.127. The third kappa shape index (κ3) is 3.92. The van der Waals surface area contributed by atoms with E-state index < -0.39 is 11.7 Å². The summed E-state index contributed by atoms with van der Waals surface area (Å²) < 4.78 is 6.87. The van der Waals surface area contributed by atoms with E-state index >= 15 is 0 Å². The van der Waals surface area contributed by atoms with Crippen LogP contribution in [0.15, 0.2) is 54.6 Å². The maximum absolute atomic E-state index is 13.0. The average Bonchev–Trinajstić information content (AvgIpc) is 3.06. The van der Waals surface area contributed by atoms with Crippen molar-refractivity contribution >= 4 is 11.7 Å². The molecule has 0 spiro atoms. The highest BCUT2D eigenvalue weighted by Gasteiger charge is 2.29. The Hall–Kier alpha value is -3.41. The molecule has 0 radical (unpaired) electrons. The van der Waals surface area contributed by atoms with E-state index in [1.807, 2.05) is 61.5 Å². The summed E-state index contributed by atoms with van der Waals surface area (Å²) in [5, 5.41) is 4.48. The summed E-state index contributed by atoms with van der Waals surface area (Å²) in [4.78, 5) is 27.5. The van der Waals surface area contributed by atoms with Gasteiger partial charge in [-0.25, -0.2) is 4.68 Å². The Morgan fingerprint density at radius 3 is 2.24 bits per heavy atom. The van der Waals surface area contributed by atoms with Crippen molar-refractivity contribution in [3.63, 3.8) is 0 Å². The molecule has 3 rings (SSSR count). The number of para-hydroxylation sites is 1. The van der Waals surface area contributed by atoms with Crippen molar-refractivity contribution in [2.24, 2.45) is 0 Å². The SMILES string of the molecule is COc1ccc(C(C)N(C)C(=O)C(=O)c2c(C)nn(-c3ccccc3)c2C)cc1. The van der Waals surface area contributed by atoms with Crippen LogP contribution in [0.3, 0.4) is 0 Å². The Balaban J connectivity index is 1.86. The summed E-state index contributed by atoms with van der Waals surface area (Å²) in [6, 6.07) is 16.7. The van der Waals surface area contributed by atoms with E-state index in [0.717, 1.165) is 17.0 Å². The number of amides is 1. The number of ether oxygens (including phenoxy) is 1. The van der Waals surface area contributed by atoms with Crippen molar-refractivity contribution < 1.29 is 14.3 Å². The maximum atomic E-state index is 13.0. The normalized spacial score (nSPS) is 11.8. The lowest BCUT2D eigenvalue weighted by Gasteiger charge is -2.25. The first kappa shape index (κ1) is 20.3. The molecule has 0 bridgehead atoms. The van der Waals surface area contributed by atoms with E-state index in [4.69, 9.17) is 4.74 Å². The lowest BCUT2D eigenvalue weighted by atomic mass is 10.0. The molecule has 29 heavy (non-hydrogen) atoms. The van der Waals surface area contributed by atoms with Crippen molar-refractivity contribution in [2.75, 3.05) is 14.2 Å². The molecule has 0 aliphatic carbocycles. The van der Waals surface area contributed by atoms with Gasteiger partial charge in [0.05, 0.1) is 35.8 Å². The van der Waals surface area contributed by atoms with Crippen LogP contribution < -0.4 is 4.74 Å². The third-order valence-electron chi connectivity index (χ3n) is 5.21. The number of carbonyl (C=O) groups is 2. The van der Waals surface area contributed by atoms with Gasteiger partial charge in [-0.2, -0.15) is 5.10 Å². The quantitative estimate of drug-likeness (QED) is 0.472. The molecule has 0 saturated carbocycles. The number of methoxy groups -OCH3 is 1. The first-order valence-electron chi connectivity index (χ1n) is 9.42. The topological polar surface area (TPSA) is 64.4 Å². The maximum Gasteiger partial charge on any atom is 0.295 e. The molecule has 0 aliphatic rings. The molecular weight excluding hydrogens is 366 g/mol. The third-order valence-corrected chi connectivity index (χ3v) is 5.21. The number of aryl methyl sites for hydroxylation is 1. The smallest absolute Gasteiger partial charge is 0.295 e. The van der Waals surface area contributed by atoms with Crippen LogP contribution in [0.1, 0.15) is 40.3 Å². The fourth-order valence-electron chi connectivity index (χ4n) is 3.34. The molecule has 0 aliphatic heterocycles. The monoisotopic (exact) mass is 391 g/mol. The van der Waals surface area contributed by atoms with Gasteiger partial charge in [0, 0.05) is 7.05 Å². The van der Waals surface area contributed by atoms with Crippen LogP contribution >= 0.6 is 0 Å². The van der Waals surface area contributed by atoms with Crippen LogP contribution in [0.5, 0.6) is 5.75 Å². The number of aromatic nitrogens is 2. The summed E-state index contributed by atoms with van der Waals surface area (Å²) in [5.41, 5.74) is 3.31. The van der Waals surface area contributed by atoms with Crippen molar-refractivity contribution in [1.29, 1.82) is 0 Å². The Morgan fingerprint density at radius 2 is 1.66 bits per heavy atom. The molecule has 0 fully saturated rings. The molecular formula is C23H25N3O3. The molecule has 0 N–H and O–H groups in total. The number of Topliss-reactive ketones (excluding diaryl/α,β-unsaturated/α-hetero) is 1. The van der Waals surface area contributed by atoms with Gasteiger partial charge in [0.2, 0.25) is 0 Å². The van der Waals surface area contributed by atoms with Crippen LogP contribution in [0, 0.1) is 13.8 Å². The average molecular weight is 391 g/mol. The van der Waals surface area contributed by atoms with Crippen LogP contribution in [-0.4, -0.2) is 40.5 Å². The van der Waals surface area contributed by atoms with Gasteiger partial charge in [0.1, 0.15) is 5.75 Å². The van der Waals surface area contributed by atoms with Gasteiger partial charge in [-0.1, -0.05) is 30.3 Å². The van der Waals surface area contributed by atoms with Gasteiger partial charge < -0.3 is 9.64 Å². The van der Waals surface area contributed by atoms with Gasteiger partial charge in [-0.05, 0) is 50.6 Å². The minimum absolute atomic E-state index is 0.262. The second-order valence-corrected chi connectivity index (χ2v) is 6.99. The number of ketones is 1. The molecule has 1 heterocycles. The molecule has 1 aromatic heterocycles. The fraction of sp³-hybridized carbons (Fsp3) is 0.261. The van der Waals surface area contributed by atoms with Gasteiger partial charge in [-0.3, -0.25) is 9.59 Å². The van der Waals surface area contributed by atoms with Crippen molar-refractivity contribution in [1.82, 2.24) is 14.7 Å². The number of nitrogens with zero attached hydrogens (tertiary/aromatic N) is 3. The number of rotatable bonds is 6. The first-order chi connectivity index (χ1) is 13.8. The molecule has 1 amide bonds. The number of carbonyl (C=O) groups excluding carboxylic acids is 2.